The lowest BCUT2D eigenvalue weighted by Crippen LogP contribution is -2.38. The first-order valence-corrected chi connectivity index (χ1v) is 10.1. The van der Waals surface area contributed by atoms with Crippen molar-refractivity contribution in [3.63, 3.8) is 0 Å². The van der Waals surface area contributed by atoms with Crippen molar-refractivity contribution in [1.82, 2.24) is 9.55 Å². The van der Waals surface area contributed by atoms with Crippen LogP contribution in [0.15, 0.2) is 54.7 Å². The maximum Gasteiger partial charge on any atom is 0.573 e. The van der Waals surface area contributed by atoms with Crippen LogP contribution in [0.3, 0.4) is 0 Å². The van der Waals surface area contributed by atoms with Gasteiger partial charge in [0.25, 0.3) is 0 Å². The molecular weight excluding hydrogens is 475 g/mol. The first-order valence-electron chi connectivity index (χ1n) is 10.1. The van der Waals surface area contributed by atoms with Crippen molar-refractivity contribution in [1.29, 1.82) is 0 Å². The number of anilines is 2. The van der Waals surface area contributed by atoms with Gasteiger partial charge in [-0.15, -0.1) is 13.2 Å². The Kier molecular flexibility index (Phi) is 6.11. The van der Waals surface area contributed by atoms with Crippen LogP contribution in [0.1, 0.15) is 6.92 Å². The third-order valence-corrected chi connectivity index (χ3v) is 4.76. The van der Waals surface area contributed by atoms with E-state index in [4.69, 9.17) is 9.47 Å². The highest BCUT2D eigenvalue weighted by molar-refractivity contribution is 5.99. The molecule has 0 aliphatic carbocycles. The zero-order chi connectivity index (χ0) is 25.2. The minimum atomic E-state index is -4.80. The highest BCUT2D eigenvalue weighted by atomic mass is 19.4. The Bertz CT molecular complexity index is 1200. The molecule has 0 saturated carbocycles. The zero-order valence-electron chi connectivity index (χ0n) is 18.0. The van der Waals surface area contributed by atoms with Gasteiger partial charge in [-0.05, 0) is 60.4 Å². The van der Waals surface area contributed by atoms with Crippen molar-refractivity contribution in [2.24, 2.45) is 0 Å². The molecule has 11 nitrogen and oxygen atoms in total. The number of imidazole rings is 1. The quantitative estimate of drug-likeness (QED) is 0.364. The maximum atomic E-state index is 12.2. The number of hydrogen-bond donors (Lipinski definition) is 2. The largest absolute Gasteiger partial charge is 0.573 e. The molecule has 3 aromatic rings. The number of nitrogens with one attached hydrogen (secondary N) is 2. The number of nitrogens with zero attached hydrogens (tertiary/aromatic N) is 3. The normalized spacial score (nSPS) is 16.7. The molecule has 2 N–H and O–H groups in total. The Morgan fingerprint density at radius 1 is 1.14 bits per heavy atom. The van der Waals surface area contributed by atoms with Crippen molar-refractivity contribution in [2.75, 3.05) is 17.2 Å². The lowest BCUT2D eigenvalue weighted by atomic mass is 10.1. The summed E-state index contributed by atoms with van der Waals surface area (Å²) >= 11 is 0. The van der Waals surface area contributed by atoms with Crippen molar-refractivity contribution < 1.29 is 37.1 Å². The molecule has 0 unspecified atom stereocenters. The number of fused-ring (bicyclic) bond motifs is 1. The van der Waals surface area contributed by atoms with E-state index in [1.807, 2.05) is 0 Å². The Morgan fingerprint density at radius 2 is 1.71 bits per heavy atom. The molecule has 4 rings (SSSR count). The Hall–Kier alpha value is -4.49. The molecule has 1 atom stereocenters. The van der Waals surface area contributed by atoms with Gasteiger partial charge >= 0.3 is 24.2 Å². The lowest BCUT2D eigenvalue weighted by molar-refractivity contribution is -0.389. The van der Waals surface area contributed by atoms with Gasteiger partial charge < -0.3 is 35.0 Å². The van der Waals surface area contributed by atoms with Gasteiger partial charge in [0.05, 0.1) is 6.54 Å². The summed E-state index contributed by atoms with van der Waals surface area (Å²) in [6.07, 6.45) is -3.49. The van der Waals surface area contributed by atoms with Crippen molar-refractivity contribution in [2.45, 2.75) is 25.4 Å². The van der Waals surface area contributed by atoms with Gasteiger partial charge in [0.2, 0.25) is 0 Å². The molecule has 2 heterocycles. The van der Waals surface area contributed by atoms with Crippen molar-refractivity contribution >= 4 is 23.2 Å². The molecule has 1 aliphatic heterocycles. The second kappa shape index (κ2) is 9.04. The van der Waals surface area contributed by atoms with Gasteiger partial charge in [-0.3, -0.25) is 4.57 Å². The van der Waals surface area contributed by atoms with Crippen LogP contribution >= 0.6 is 0 Å². The lowest BCUT2D eigenvalue weighted by Gasteiger charge is -2.22. The molecular formula is C21H18F3N5O6. The fourth-order valence-electron chi connectivity index (χ4n) is 3.26. The Balaban J connectivity index is 1.25. The highest BCUT2D eigenvalue weighted by Crippen LogP contribution is 2.31. The first kappa shape index (κ1) is 23.7. The van der Waals surface area contributed by atoms with Crippen LogP contribution in [-0.4, -0.2) is 39.1 Å². The van der Waals surface area contributed by atoms with Crippen molar-refractivity contribution in [3.8, 4) is 17.5 Å². The minimum Gasteiger partial charge on any atom is -0.489 e. The Labute approximate surface area is 195 Å². The van der Waals surface area contributed by atoms with E-state index in [2.05, 4.69) is 20.4 Å². The summed E-state index contributed by atoms with van der Waals surface area (Å²) in [7, 11) is 0. The third-order valence-electron chi connectivity index (χ3n) is 4.76. The van der Waals surface area contributed by atoms with E-state index in [0.717, 1.165) is 12.1 Å². The molecule has 1 aliphatic rings. The van der Waals surface area contributed by atoms with E-state index in [1.165, 1.54) is 18.3 Å². The van der Waals surface area contributed by atoms with Crippen LogP contribution in [-0.2, 0) is 6.54 Å². The molecule has 35 heavy (non-hydrogen) atoms. The smallest absolute Gasteiger partial charge is 0.489 e. The second-order valence-electron chi connectivity index (χ2n) is 7.78. The average molecular weight is 493 g/mol. The number of hydrogen-bond acceptors (Lipinski definition) is 7. The number of urea groups is 1. The van der Waals surface area contributed by atoms with E-state index >= 15 is 0 Å². The topological polar surface area (TPSA) is 130 Å². The Morgan fingerprint density at radius 3 is 2.23 bits per heavy atom. The average Bonchev–Trinajstić information content (AvgIpc) is 3.29. The number of amides is 2. The number of carbonyl (C=O) groups excluding carboxylic acids is 1. The molecule has 2 aromatic carbocycles. The van der Waals surface area contributed by atoms with Crippen LogP contribution in [0.25, 0.3) is 0 Å². The molecule has 0 spiro atoms. The van der Waals surface area contributed by atoms with Gasteiger partial charge in [0, 0.05) is 16.4 Å². The van der Waals surface area contributed by atoms with Crippen LogP contribution in [0.2, 0.25) is 0 Å². The summed E-state index contributed by atoms with van der Waals surface area (Å²) in [4.78, 5) is 26.2. The summed E-state index contributed by atoms with van der Waals surface area (Å²) in [5.41, 5.74) is -0.0516. The van der Waals surface area contributed by atoms with Gasteiger partial charge in [-0.1, -0.05) is 0 Å². The number of benzene rings is 2. The van der Waals surface area contributed by atoms with Crippen LogP contribution in [0.5, 0.6) is 17.5 Å². The highest BCUT2D eigenvalue weighted by Gasteiger charge is 2.41. The predicted molar refractivity (Wildman–Crippen MR) is 116 cm³/mol. The number of carbonyl (C=O) groups is 1. The van der Waals surface area contributed by atoms with E-state index in [-0.39, 0.29) is 24.1 Å². The summed E-state index contributed by atoms with van der Waals surface area (Å²) in [6, 6.07) is 10.7. The van der Waals surface area contributed by atoms with Crippen LogP contribution < -0.4 is 24.8 Å². The SMILES string of the molecule is C[C@]1(COc2ccc(NC(=O)Nc3ccc(OC(F)(F)F)cc3)cc2)Cn2cc([N+](=O)[O-])nc2O1. The van der Waals surface area contributed by atoms with Gasteiger partial charge in [-0.2, -0.15) is 0 Å². The van der Waals surface area contributed by atoms with Crippen LogP contribution in [0, 0.1) is 10.1 Å². The first-order chi connectivity index (χ1) is 16.5. The summed E-state index contributed by atoms with van der Waals surface area (Å²) < 4.78 is 53.4. The molecule has 14 heteroatoms. The zero-order valence-corrected chi connectivity index (χ0v) is 18.0. The maximum absolute atomic E-state index is 12.2. The fraction of sp³-hybridized carbons (Fsp3) is 0.238. The number of aromatic nitrogens is 2. The van der Waals surface area contributed by atoms with Gasteiger partial charge in [-0.25, -0.2) is 4.79 Å². The molecule has 184 valence electrons. The summed E-state index contributed by atoms with van der Waals surface area (Å²) in [6.45, 7) is 2.26. The van der Waals surface area contributed by atoms with Gasteiger partial charge in [0.1, 0.15) is 24.3 Å². The molecule has 0 bridgehead atoms. The van der Waals surface area contributed by atoms with E-state index in [0.29, 0.717) is 18.0 Å². The number of nitro groups is 1. The number of halogens is 3. The van der Waals surface area contributed by atoms with E-state index in [9.17, 15) is 28.1 Å². The number of rotatable bonds is 7. The number of alkyl halides is 3. The molecule has 2 amide bonds. The third kappa shape index (κ3) is 6.10. The van der Waals surface area contributed by atoms with Crippen LogP contribution in [0.4, 0.5) is 35.2 Å². The molecule has 1 aromatic heterocycles. The standard InChI is InChI=1S/C21H18F3N5O6/c1-20(11-28-10-17(29(31)32)27-19(28)35-20)12-33-15-6-2-13(3-7-15)25-18(30)26-14-4-8-16(9-5-14)34-21(22,23)24/h2-10H,11-12H2,1H3,(H2,25,26,30)/t20-/m1/s1. The van der Waals surface area contributed by atoms with E-state index in [1.54, 1.807) is 35.8 Å². The predicted octanol–water partition coefficient (Wildman–Crippen LogP) is 4.56. The fourth-order valence-corrected chi connectivity index (χ4v) is 3.26. The molecule has 0 saturated heterocycles. The molecule has 0 fully saturated rings. The summed E-state index contributed by atoms with van der Waals surface area (Å²) in [5, 5.41) is 15.9. The summed E-state index contributed by atoms with van der Waals surface area (Å²) in [5.74, 6) is -0.193. The van der Waals surface area contributed by atoms with E-state index < -0.39 is 28.7 Å². The second-order valence-corrected chi connectivity index (χ2v) is 7.78. The molecule has 0 radical (unpaired) electrons. The monoisotopic (exact) mass is 493 g/mol. The van der Waals surface area contributed by atoms with Gasteiger partial charge in [0.15, 0.2) is 5.60 Å². The van der Waals surface area contributed by atoms with Crippen molar-refractivity contribution in [3.05, 3.63) is 64.8 Å². The number of ether oxygens (including phenoxy) is 3. The minimum absolute atomic E-state index is 0.144.